The van der Waals surface area contributed by atoms with E-state index < -0.39 is 0 Å². The number of amides is 1. The molecule has 0 aliphatic heterocycles. The maximum Gasteiger partial charge on any atom is 0.305 e. The molecule has 0 aliphatic rings. The fourth-order valence-corrected chi connectivity index (χ4v) is 1.63. The summed E-state index contributed by atoms with van der Waals surface area (Å²) in [5.41, 5.74) is 5.26. The van der Waals surface area contributed by atoms with Gasteiger partial charge in [0, 0.05) is 26.3 Å². The standard InChI is InChI=1S/C9H17NO3.C7H15NO2/c1-8(11)10-7-5-3-4-6-9(12)13-2;1-10-7(9)5-3-2-4-6-8/h3-7H2,1-2H3,(H,10,11);2-6,8H2,1H3. The van der Waals surface area contributed by atoms with E-state index in [1.807, 2.05) is 0 Å². The van der Waals surface area contributed by atoms with Gasteiger partial charge in [0.15, 0.2) is 0 Å². The van der Waals surface area contributed by atoms with Crippen LogP contribution in [0, 0.1) is 0 Å². The van der Waals surface area contributed by atoms with Crippen LogP contribution in [0.2, 0.25) is 0 Å². The van der Waals surface area contributed by atoms with E-state index in [1.54, 1.807) is 0 Å². The Kier molecular flexibility index (Phi) is 18.9. The van der Waals surface area contributed by atoms with Gasteiger partial charge in [-0.1, -0.05) is 12.8 Å². The first-order valence-electron chi connectivity index (χ1n) is 8.06. The molecule has 1 amide bonds. The highest BCUT2D eigenvalue weighted by molar-refractivity contribution is 5.72. The molecule has 0 atom stereocenters. The molecule has 3 N–H and O–H groups in total. The molecular formula is C16H32N2O5. The van der Waals surface area contributed by atoms with Gasteiger partial charge in [0.25, 0.3) is 0 Å². The Hall–Kier alpha value is -1.63. The van der Waals surface area contributed by atoms with Crippen molar-refractivity contribution in [3.8, 4) is 0 Å². The molecule has 7 nitrogen and oxygen atoms in total. The average molecular weight is 332 g/mol. The monoisotopic (exact) mass is 332 g/mol. The molecule has 0 aromatic rings. The normalized spacial score (nSPS) is 9.39. The van der Waals surface area contributed by atoms with Crippen molar-refractivity contribution in [2.45, 2.75) is 58.3 Å². The zero-order valence-electron chi connectivity index (χ0n) is 14.7. The Labute approximate surface area is 139 Å². The predicted octanol–water partition coefficient (Wildman–Crippen LogP) is 1.53. The number of esters is 2. The smallest absolute Gasteiger partial charge is 0.305 e. The number of carbonyl (C=O) groups excluding carboxylic acids is 3. The summed E-state index contributed by atoms with van der Waals surface area (Å²) in [7, 11) is 2.80. The van der Waals surface area contributed by atoms with Gasteiger partial charge in [0.1, 0.15) is 0 Å². The van der Waals surface area contributed by atoms with Gasteiger partial charge < -0.3 is 20.5 Å². The molecule has 23 heavy (non-hydrogen) atoms. The van der Waals surface area contributed by atoms with Crippen molar-refractivity contribution in [2.75, 3.05) is 27.3 Å². The van der Waals surface area contributed by atoms with Crippen molar-refractivity contribution < 1.29 is 23.9 Å². The molecule has 7 heteroatoms. The quantitative estimate of drug-likeness (QED) is 0.439. The lowest BCUT2D eigenvalue weighted by molar-refractivity contribution is -0.141. The molecule has 0 aliphatic carbocycles. The minimum absolute atomic E-state index is 0.00651. The number of rotatable bonds is 11. The van der Waals surface area contributed by atoms with Crippen molar-refractivity contribution >= 4 is 17.8 Å². The van der Waals surface area contributed by atoms with E-state index in [2.05, 4.69) is 14.8 Å². The second-order valence-electron chi connectivity index (χ2n) is 5.05. The van der Waals surface area contributed by atoms with Crippen LogP contribution >= 0.6 is 0 Å². The fourth-order valence-electron chi connectivity index (χ4n) is 1.63. The largest absolute Gasteiger partial charge is 0.469 e. The number of hydrogen-bond acceptors (Lipinski definition) is 6. The SMILES string of the molecule is COC(=O)CCCCCN.COC(=O)CCCCCNC(C)=O. The summed E-state index contributed by atoms with van der Waals surface area (Å²) in [6, 6.07) is 0. The third kappa shape index (κ3) is 22.8. The minimum atomic E-state index is -0.167. The summed E-state index contributed by atoms with van der Waals surface area (Å²) < 4.78 is 8.95. The third-order valence-corrected chi connectivity index (χ3v) is 2.97. The molecule has 0 unspecified atom stereocenters. The molecule has 0 aromatic heterocycles. The number of unbranched alkanes of at least 4 members (excludes halogenated alkanes) is 4. The fraction of sp³-hybridized carbons (Fsp3) is 0.812. The highest BCUT2D eigenvalue weighted by atomic mass is 16.5. The van der Waals surface area contributed by atoms with Crippen molar-refractivity contribution in [1.29, 1.82) is 0 Å². The summed E-state index contributed by atoms with van der Waals surface area (Å²) in [5.74, 6) is -0.301. The number of ether oxygens (including phenoxy) is 2. The van der Waals surface area contributed by atoms with Crippen LogP contribution in [-0.2, 0) is 23.9 Å². The number of hydrogen-bond donors (Lipinski definition) is 2. The van der Waals surface area contributed by atoms with E-state index in [0.717, 1.165) is 38.5 Å². The molecule has 0 saturated heterocycles. The summed E-state index contributed by atoms with van der Waals surface area (Å²) >= 11 is 0. The van der Waals surface area contributed by atoms with Gasteiger partial charge in [-0.05, 0) is 32.2 Å². The molecule has 0 heterocycles. The van der Waals surface area contributed by atoms with Gasteiger partial charge in [-0.2, -0.15) is 0 Å². The maximum absolute atomic E-state index is 10.7. The third-order valence-electron chi connectivity index (χ3n) is 2.97. The molecule has 0 radical (unpaired) electrons. The Balaban J connectivity index is 0. The van der Waals surface area contributed by atoms with Gasteiger partial charge in [0.05, 0.1) is 14.2 Å². The van der Waals surface area contributed by atoms with Crippen LogP contribution < -0.4 is 11.1 Å². The summed E-state index contributed by atoms with van der Waals surface area (Å²) in [4.78, 5) is 31.6. The van der Waals surface area contributed by atoms with Crippen molar-refractivity contribution in [3.63, 3.8) is 0 Å². The number of methoxy groups -OCH3 is 2. The lowest BCUT2D eigenvalue weighted by Gasteiger charge is -2.01. The first-order chi connectivity index (χ1) is 11.0. The topological polar surface area (TPSA) is 108 Å². The second-order valence-corrected chi connectivity index (χ2v) is 5.05. The van der Waals surface area contributed by atoms with Gasteiger partial charge >= 0.3 is 11.9 Å². The van der Waals surface area contributed by atoms with Crippen molar-refractivity contribution in [3.05, 3.63) is 0 Å². The minimum Gasteiger partial charge on any atom is -0.469 e. The van der Waals surface area contributed by atoms with Crippen LogP contribution in [-0.4, -0.2) is 45.2 Å². The molecule has 0 bridgehead atoms. The molecule has 0 spiro atoms. The van der Waals surface area contributed by atoms with Crippen LogP contribution in [0.5, 0.6) is 0 Å². The number of carbonyl (C=O) groups is 3. The van der Waals surface area contributed by atoms with Crippen LogP contribution in [0.25, 0.3) is 0 Å². The molecular weight excluding hydrogens is 300 g/mol. The second kappa shape index (κ2) is 18.4. The predicted molar refractivity (Wildman–Crippen MR) is 88.7 cm³/mol. The lowest BCUT2D eigenvalue weighted by atomic mass is 10.2. The average Bonchev–Trinajstić information content (AvgIpc) is 2.54. The molecule has 0 saturated carbocycles. The Bertz CT molecular complexity index is 322. The van der Waals surface area contributed by atoms with Crippen molar-refractivity contribution in [2.24, 2.45) is 5.73 Å². The van der Waals surface area contributed by atoms with Gasteiger partial charge in [-0.15, -0.1) is 0 Å². The van der Waals surface area contributed by atoms with E-state index in [-0.39, 0.29) is 17.8 Å². The summed E-state index contributed by atoms with van der Waals surface area (Å²) in [6.45, 7) is 2.89. The van der Waals surface area contributed by atoms with E-state index in [0.29, 0.717) is 25.9 Å². The van der Waals surface area contributed by atoms with Gasteiger partial charge in [-0.25, -0.2) is 0 Å². The highest BCUT2D eigenvalue weighted by Gasteiger charge is 1.99. The van der Waals surface area contributed by atoms with Crippen LogP contribution in [0.1, 0.15) is 58.3 Å². The van der Waals surface area contributed by atoms with Gasteiger partial charge in [-0.3, -0.25) is 14.4 Å². The van der Waals surface area contributed by atoms with Crippen LogP contribution in [0.3, 0.4) is 0 Å². The molecule has 0 fully saturated rings. The molecule has 136 valence electrons. The highest BCUT2D eigenvalue weighted by Crippen LogP contribution is 2.00. The van der Waals surface area contributed by atoms with Crippen molar-refractivity contribution in [1.82, 2.24) is 5.32 Å². The summed E-state index contributed by atoms with van der Waals surface area (Å²) in [5, 5.41) is 2.69. The number of nitrogens with one attached hydrogen (secondary N) is 1. The Morgan fingerprint density at radius 1 is 0.826 bits per heavy atom. The Morgan fingerprint density at radius 2 is 1.30 bits per heavy atom. The van der Waals surface area contributed by atoms with Crippen LogP contribution in [0.4, 0.5) is 0 Å². The van der Waals surface area contributed by atoms with E-state index in [1.165, 1.54) is 21.1 Å². The lowest BCUT2D eigenvalue weighted by Crippen LogP contribution is -2.20. The first kappa shape index (κ1) is 23.6. The van der Waals surface area contributed by atoms with E-state index >= 15 is 0 Å². The van der Waals surface area contributed by atoms with E-state index in [9.17, 15) is 14.4 Å². The zero-order valence-corrected chi connectivity index (χ0v) is 14.7. The van der Waals surface area contributed by atoms with Gasteiger partial charge in [0.2, 0.25) is 5.91 Å². The number of nitrogens with two attached hydrogens (primary N) is 1. The maximum atomic E-state index is 10.7. The Morgan fingerprint density at radius 3 is 1.70 bits per heavy atom. The molecule has 0 rings (SSSR count). The first-order valence-corrected chi connectivity index (χ1v) is 8.06. The zero-order chi connectivity index (χ0) is 17.9. The summed E-state index contributed by atoms with van der Waals surface area (Å²) in [6.07, 6.45) is 6.58. The van der Waals surface area contributed by atoms with Crippen LogP contribution in [0.15, 0.2) is 0 Å². The van der Waals surface area contributed by atoms with E-state index in [4.69, 9.17) is 5.73 Å². The molecule has 0 aromatic carbocycles.